The second kappa shape index (κ2) is 4.94. The van der Waals surface area contributed by atoms with E-state index >= 15 is 0 Å². The Kier molecular flexibility index (Phi) is 3.59. The Labute approximate surface area is 91.4 Å². The molecule has 2 N–H and O–H groups in total. The smallest absolute Gasteiger partial charge is 0.221 e. The molecule has 1 saturated carbocycles. The predicted molar refractivity (Wildman–Crippen MR) is 59.7 cm³/mol. The second-order valence-corrected chi connectivity index (χ2v) is 4.68. The zero-order valence-corrected chi connectivity index (χ0v) is 9.46. The Morgan fingerprint density at radius 3 is 2.73 bits per heavy atom. The van der Waals surface area contributed by atoms with Gasteiger partial charge in [-0.05, 0) is 19.8 Å². The highest BCUT2D eigenvalue weighted by atomic mass is 16.1. The summed E-state index contributed by atoms with van der Waals surface area (Å²) in [4.78, 5) is 14.0. The number of amides is 1. The maximum atomic E-state index is 11.6. The van der Waals surface area contributed by atoms with E-state index < -0.39 is 0 Å². The minimum absolute atomic E-state index is 0.225. The summed E-state index contributed by atoms with van der Waals surface area (Å²) in [6.45, 7) is 6.39. The van der Waals surface area contributed by atoms with E-state index in [1.54, 1.807) is 0 Å². The van der Waals surface area contributed by atoms with Gasteiger partial charge in [0.15, 0.2) is 0 Å². The maximum absolute atomic E-state index is 11.6. The fraction of sp³-hybridized carbons (Fsp3) is 0.909. The third kappa shape index (κ3) is 3.47. The van der Waals surface area contributed by atoms with Gasteiger partial charge in [0.1, 0.15) is 0 Å². The Bertz CT molecular complexity index is 222. The molecular weight excluding hydrogens is 190 g/mol. The normalized spacial score (nSPS) is 24.9. The maximum Gasteiger partial charge on any atom is 0.221 e. The van der Waals surface area contributed by atoms with Crippen LogP contribution in [0.4, 0.5) is 0 Å². The fourth-order valence-corrected chi connectivity index (χ4v) is 2.03. The standard InChI is InChI=1S/C11H21N3O/c1-9(14-6-4-12-5-7-14)8-11(15)13-10-2-3-10/h9-10,12H,2-8H2,1H3,(H,13,15). The molecule has 1 heterocycles. The van der Waals surface area contributed by atoms with Crippen LogP contribution >= 0.6 is 0 Å². The number of nitrogens with zero attached hydrogens (tertiary/aromatic N) is 1. The van der Waals surface area contributed by atoms with Crippen molar-refractivity contribution in [3.05, 3.63) is 0 Å². The number of rotatable bonds is 4. The average molecular weight is 211 g/mol. The summed E-state index contributed by atoms with van der Waals surface area (Å²) in [6, 6.07) is 0.874. The SMILES string of the molecule is CC(CC(=O)NC1CC1)N1CCNCC1. The van der Waals surface area contributed by atoms with Crippen LogP contribution in [0.3, 0.4) is 0 Å². The lowest BCUT2D eigenvalue weighted by Gasteiger charge is -2.32. The molecule has 4 nitrogen and oxygen atoms in total. The van der Waals surface area contributed by atoms with Crippen molar-refractivity contribution in [1.29, 1.82) is 0 Å². The van der Waals surface area contributed by atoms with Crippen molar-refractivity contribution >= 4 is 5.91 Å². The Hall–Kier alpha value is -0.610. The predicted octanol–water partition coefficient (Wildman–Crippen LogP) is -0.0512. The molecule has 1 unspecified atom stereocenters. The van der Waals surface area contributed by atoms with Crippen molar-refractivity contribution in [2.45, 2.75) is 38.3 Å². The molecule has 2 aliphatic rings. The van der Waals surface area contributed by atoms with Crippen LogP contribution in [0.15, 0.2) is 0 Å². The van der Waals surface area contributed by atoms with E-state index in [1.165, 1.54) is 12.8 Å². The van der Waals surface area contributed by atoms with Crippen LogP contribution in [0, 0.1) is 0 Å². The topological polar surface area (TPSA) is 44.4 Å². The summed E-state index contributed by atoms with van der Waals surface area (Å²) in [5.74, 6) is 0.225. The van der Waals surface area contributed by atoms with Crippen molar-refractivity contribution in [3.8, 4) is 0 Å². The molecular formula is C11H21N3O. The molecule has 0 aromatic heterocycles. The molecule has 0 radical (unpaired) electrons. The summed E-state index contributed by atoms with van der Waals surface area (Å²) >= 11 is 0. The molecule has 1 atom stereocenters. The van der Waals surface area contributed by atoms with E-state index in [-0.39, 0.29) is 5.91 Å². The van der Waals surface area contributed by atoms with Crippen LogP contribution in [0.2, 0.25) is 0 Å². The highest BCUT2D eigenvalue weighted by molar-refractivity contribution is 5.77. The van der Waals surface area contributed by atoms with Crippen LogP contribution in [0.1, 0.15) is 26.2 Å². The van der Waals surface area contributed by atoms with E-state index in [1.807, 2.05) is 0 Å². The molecule has 0 aromatic rings. The summed E-state index contributed by atoms with van der Waals surface area (Å²) in [7, 11) is 0. The lowest BCUT2D eigenvalue weighted by molar-refractivity contribution is -0.122. The molecule has 1 aliphatic heterocycles. The average Bonchev–Trinajstić information content (AvgIpc) is 3.03. The van der Waals surface area contributed by atoms with Gasteiger partial charge < -0.3 is 10.6 Å². The van der Waals surface area contributed by atoms with Crippen molar-refractivity contribution in [2.24, 2.45) is 0 Å². The number of carbonyl (C=O) groups is 1. The minimum Gasteiger partial charge on any atom is -0.353 e. The molecule has 0 spiro atoms. The first-order chi connectivity index (χ1) is 7.25. The van der Waals surface area contributed by atoms with E-state index in [9.17, 15) is 4.79 Å². The summed E-state index contributed by atoms with van der Waals surface area (Å²) in [5.41, 5.74) is 0. The van der Waals surface area contributed by atoms with Gasteiger partial charge in [0.25, 0.3) is 0 Å². The minimum atomic E-state index is 0.225. The number of carbonyl (C=O) groups excluding carboxylic acids is 1. The van der Waals surface area contributed by atoms with Crippen molar-refractivity contribution in [3.63, 3.8) is 0 Å². The lowest BCUT2D eigenvalue weighted by Crippen LogP contribution is -2.48. The molecule has 0 aromatic carbocycles. The molecule has 1 saturated heterocycles. The molecule has 2 fully saturated rings. The van der Waals surface area contributed by atoms with E-state index in [4.69, 9.17) is 0 Å². The van der Waals surface area contributed by atoms with Gasteiger partial charge in [-0.2, -0.15) is 0 Å². The van der Waals surface area contributed by atoms with E-state index in [2.05, 4.69) is 22.5 Å². The third-order valence-corrected chi connectivity index (χ3v) is 3.20. The van der Waals surface area contributed by atoms with E-state index in [0.29, 0.717) is 18.5 Å². The largest absolute Gasteiger partial charge is 0.353 e. The van der Waals surface area contributed by atoms with Crippen molar-refractivity contribution in [1.82, 2.24) is 15.5 Å². The quantitative estimate of drug-likeness (QED) is 0.685. The molecule has 1 aliphatic carbocycles. The molecule has 0 bridgehead atoms. The Morgan fingerprint density at radius 1 is 1.47 bits per heavy atom. The fourth-order valence-electron chi connectivity index (χ4n) is 2.03. The van der Waals surface area contributed by atoms with Crippen molar-refractivity contribution < 1.29 is 4.79 Å². The number of piperazine rings is 1. The van der Waals surface area contributed by atoms with Gasteiger partial charge in [-0.15, -0.1) is 0 Å². The zero-order chi connectivity index (χ0) is 10.7. The van der Waals surface area contributed by atoms with Gasteiger partial charge >= 0.3 is 0 Å². The first-order valence-corrected chi connectivity index (χ1v) is 6.00. The summed E-state index contributed by atoms with van der Waals surface area (Å²) < 4.78 is 0. The highest BCUT2D eigenvalue weighted by Gasteiger charge is 2.25. The lowest BCUT2D eigenvalue weighted by atomic mass is 10.1. The van der Waals surface area contributed by atoms with Crippen LogP contribution in [0.25, 0.3) is 0 Å². The van der Waals surface area contributed by atoms with Gasteiger partial charge in [-0.3, -0.25) is 9.69 Å². The number of hydrogen-bond acceptors (Lipinski definition) is 3. The Morgan fingerprint density at radius 2 is 2.13 bits per heavy atom. The van der Waals surface area contributed by atoms with Gasteiger partial charge in [-0.25, -0.2) is 0 Å². The first-order valence-electron chi connectivity index (χ1n) is 6.00. The molecule has 1 amide bonds. The van der Waals surface area contributed by atoms with Gasteiger partial charge in [0.05, 0.1) is 0 Å². The third-order valence-electron chi connectivity index (χ3n) is 3.20. The van der Waals surface area contributed by atoms with Gasteiger partial charge in [0, 0.05) is 44.7 Å². The number of hydrogen-bond donors (Lipinski definition) is 2. The second-order valence-electron chi connectivity index (χ2n) is 4.68. The summed E-state index contributed by atoms with van der Waals surface area (Å²) in [5, 5.41) is 6.37. The zero-order valence-electron chi connectivity index (χ0n) is 9.46. The molecule has 86 valence electrons. The molecule has 4 heteroatoms. The van der Waals surface area contributed by atoms with E-state index in [0.717, 1.165) is 26.2 Å². The summed E-state index contributed by atoms with van der Waals surface area (Å²) in [6.07, 6.45) is 3.00. The van der Waals surface area contributed by atoms with Gasteiger partial charge in [0.2, 0.25) is 5.91 Å². The highest BCUT2D eigenvalue weighted by Crippen LogP contribution is 2.19. The first kappa shape index (κ1) is 10.9. The van der Waals surface area contributed by atoms with Crippen molar-refractivity contribution in [2.75, 3.05) is 26.2 Å². The monoisotopic (exact) mass is 211 g/mol. The molecule has 15 heavy (non-hydrogen) atoms. The Balaban J connectivity index is 1.69. The van der Waals surface area contributed by atoms with Crippen LogP contribution in [0.5, 0.6) is 0 Å². The van der Waals surface area contributed by atoms with Gasteiger partial charge in [-0.1, -0.05) is 0 Å². The van der Waals surface area contributed by atoms with Crippen LogP contribution in [-0.2, 0) is 4.79 Å². The number of nitrogens with one attached hydrogen (secondary N) is 2. The molecule has 2 rings (SSSR count). The van der Waals surface area contributed by atoms with Crippen LogP contribution < -0.4 is 10.6 Å². The van der Waals surface area contributed by atoms with Crippen LogP contribution in [-0.4, -0.2) is 49.1 Å².